The van der Waals surface area contributed by atoms with Crippen LogP contribution in [0, 0.1) is 17.7 Å². The van der Waals surface area contributed by atoms with E-state index in [1.807, 2.05) is 0 Å². The average Bonchev–Trinajstić information content (AvgIpc) is 2.16. The molecule has 3 nitrogen and oxygen atoms in total. The molecule has 0 radical (unpaired) electrons. The van der Waals surface area contributed by atoms with Crippen molar-refractivity contribution in [3.8, 4) is 11.8 Å². The molecule has 0 saturated carbocycles. The van der Waals surface area contributed by atoms with Crippen LogP contribution < -0.4 is 5.73 Å². The molecular weight excluding hydrogens is 197 g/mol. The molecule has 78 valence electrons. The number of carbonyl (C=O) groups is 1. The fourth-order valence-corrected chi connectivity index (χ4v) is 0.975. The van der Waals surface area contributed by atoms with E-state index in [9.17, 15) is 9.18 Å². The Morgan fingerprint density at radius 1 is 1.53 bits per heavy atom. The molecular formula is C11H10FNO2. The van der Waals surface area contributed by atoms with Gasteiger partial charge in [0.25, 0.3) is 0 Å². The summed E-state index contributed by atoms with van der Waals surface area (Å²) in [5.41, 5.74) is 6.16. The van der Waals surface area contributed by atoms with Crippen molar-refractivity contribution in [3.05, 3.63) is 29.6 Å². The van der Waals surface area contributed by atoms with Crippen molar-refractivity contribution in [2.45, 2.75) is 6.42 Å². The third-order valence-electron chi connectivity index (χ3n) is 1.61. The molecule has 4 heteroatoms. The molecule has 15 heavy (non-hydrogen) atoms. The van der Waals surface area contributed by atoms with Gasteiger partial charge in [-0.2, -0.15) is 0 Å². The maximum absolute atomic E-state index is 12.8. The molecule has 1 aromatic rings. The molecule has 2 N–H and O–H groups in total. The molecule has 1 aromatic carbocycles. The second-order valence-electron chi connectivity index (χ2n) is 2.83. The standard InChI is InChI=1S/C11H10FNO2/c1-15-11(14)4-2-3-8-5-9(12)7-10(13)6-8/h5-7H,4,13H2,1H3. The number of nitrogens with two attached hydrogens (primary N) is 1. The first-order valence-corrected chi connectivity index (χ1v) is 4.23. The maximum Gasteiger partial charge on any atom is 0.317 e. The fourth-order valence-electron chi connectivity index (χ4n) is 0.975. The van der Waals surface area contributed by atoms with E-state index in [1.165, 1.54) is 25.3 Å². The Labute approximate surface area is 87.0 Å². The Bertz CT molecular complexity index is 412. The Morgan fingerprint density at radius 2 is 2.27 bits per heavy atom. The van der Waals surface area contributed by atoms with E-state index < -0.39 is 11.8 Å². The number of benzene rings is 1. The Kier molecular flexibility index (Phi) is 3.69. The summed E-state index contributed by atoms with van der Waals surface area (Å²) in [5, 5.41) is 0. The lowest BCUT2D eigenvalue weighted by Gasteiger charge is -1.95. The lowest BCUT2D eigenvalue weighted by Crippen LogP contribution is -1.97. The number of nitrogen functional groups attached to an aromatic ring is 1. The molecule has 1 rings (SSSR count). The lowest BCUT2D eigenvalue weighted by atomic mass is 10.2. The van der Waals surface area contributed by atoms with Crippen molar-refractivity contribution in [3.63, 3.8) is 0 Å². The molecule has 0 aliphatic carbocycles. The highest BCUT2D eigenvalue weighted by Crippen LogP contribution is 2.09. The van der Waals surface area contributed by atoms with Gasteiger partial charge < -0.3 is 10.5 Å². The second kappa shape index (κ2) is 5.01. The number of rotatable bonds is 1. The highest BCUT2D eigenvalue weighted by atomic mass is 19.1. The van der Waals surface area contributed by atoms with Crippen LogP contribution in [0.5, 0.6) is 0 Å². The largest absolute Gasteiger partial charge is 0.468 e. The van der Waals surface area contributed by atoms with Crippen molar-refractivity contribution in [1.29, 1.82) is 0 Å². The van der Waals surface area contributed by atoms with Gasteiger partial charge in [0.15, 0.2) is 0 Å². The minimum Gasteiger partial charge on any atom is -0.468 e. The molecule has 0 fully saturated rings. The van der Waals surface area contributed by atoms with Crippen LogP contribution in [0.3, 0.4) is 0 Å². The summed E-state index contributed by atoms with van der Waals surface area (Å²) >= 11 is 0. The minimum atomic E-state index is -0.447. The van der Waals surface area contributed by atoms with E-state index >= 15 is 0 Å². The first-order valence-electron chi connectivity index (χ1n) is 4.23. The third kappa shape index (κ3) is 3.69. The molecule has 0 spiro atoms. The van der Waals surface area contributed by atoms with Gasteiger partial charge in [0, 0.05) is 11.3 Å². The second-order valence-corrected chi connectivity index (χ2v) is 2.83. The van der Waals surface area contributed by atoms with Crippen LogP contribution in [0.1, 0.15) is 12.0 Å². The van der Waals surface area contributed by atoms with E-state index in [2.05, 4.69) is 16.6 Å². The van der Waals surface area contributed by atoms with Gasteiger partial charge in [-0.05, 0) is 18.2 Å². The van der Waals surface area contributed by atoms with Gasteiger partial charge >= 0.3 is 5.97 Å². The van der Waals surface area contributed by atoms with Crippen LogP contribution in [-0.2, 0) is 9.53 Å². The molecule has 0 amide bonds. The van der Waals surface area contributed by atoms with Crippen molar-refractivity contribution >= 4 is 11.7 Å². The van der Waals surface area contributed by atoms with Crippen molar-refractivity contribution in [1.82, 2.24) is 0 Å². The molecule has 0 unspecified atom stereocenters. The predicted molar refractivity (Wildman–Crippen MR) is 54.3 cm³/mol. The van der Waals surface area contributed by atoms with Gasteiger partial charge in [-0.1, -0.05) is 11.8 Å². The van der Waals surface area contributed by atoms with E-state index in [0.29, 0.717) is 11.3 Å². The average molecular weight is 207 g/mol. The maximum atomic E-state index is 12.8. The van der Waals surface area contributed by atoms with Crippen LogP contribution in [0.15, 0.2) is 18.2 Å². The minimum absolute atomic E-state index is 0.0209. The highest BCUT2D eigenvalue weighted by Gasteiger charge is 1.96. The summed E-state index contributed by atoms with van der Waals surface area (Å²) < 4.78 is 17.2. The Hall–Kier alpha value is -2.02. The molecule has 0 heterocycles. The number of methoxy groups -OCH3 is 1. The third-order valence-corrected chi connectivity index (χ3v) is 1.61. The van der Waals surface area contributed by atoms with Gasteiger partial charge in [-0.3, -0.25) is 4.79 Å². The smallest absolute Gasteiger partial charge is 0.317 e. The van der Waals surface area contributed by atoms with Crippen LogP contribution >= 0.6 is 0 Å². The number of hydrogen-bond acceptors (Lipinski definition) is 3. The topological polar surface area (TPSA) is 52.3 Å². The SMILES string of the molecule is COC(=O)CC#Cc1cc(N)cc(F)c1. The van der Waals surface area contributed by atoms with E-state index in [4.69, 9.17) is 5.73 Å². The number of esters is 1. The van der Waals surface area contributed by atoms with Crippen molar-refractivity contribution in [2.24, 2.45) is 0 Å². The van der Waals surface area contributed by atoms with Crippen molar-refractivity contribution in [2.75, 3.05) is 12.8 Å². The van der Waals surface area contributed by atoms with Gasteiger partial charge in [-0.25, -0.2) is 4.39 Å². The van der Waals surface area contributed by atoms with E-state index in [-0.39, 0.29) is 6.42 Å². The number of halogens is 1. The lowest BCUT2D eigenvalue weighted by molar-refractivity contribution is -0.139. The van der Waals surface area contributed by atoms with Gasteiger partial charge in [0.05, 0.1) is 7.11 Å². The quantitative estimate of drug-likeness (QED) is 0.429. The van der Waals surface area contributed by atoms with E-state index in [1.54, 1.807) is 0 Å². The number of carbonyl (C=O) groups excluding carboxylic acids is 1. The van der Waals surface area contributed by atoms with Crippen LogP contribution in [0.2, 0.25) is 0 Å². The summed E-state index contributed by atoms with van der Waals surface area (Å²) in [6.45, 7) is 0. The summed E-state index contributed by atoms with van der Waals surface area (Å²) in [6, 6.07) is 3.99. The number of anilines is 1. The zero-order valence-corrected chi connectivity index (χ0v) is 8.21. The van der Waals surface area contributed by atoms with Gasteiger partial charge in [0.2, 0.25) is 0 Å². The predicted octanol–water partition coefficient (Wildman–Crippen LogP) is 1.32. The Balaban J connectivity index is 2.75. The number of hydrogen-bond donors (Lipinski definition) is 1. The summed E-state index contributed by atoms with van der Waals surface area (Å²) in [5.74, 6) is 4.31. The van der Waals surface area contributed by atoms with Gasteiger partial charge in [-0.15, -0.1) is 0 Å². The summed E-state index contributed by atoms with van der Waals surface area (Å²) in [7, 11) is 1.28. The Morgan fingerprint density at radius 3 is 2.87 bits per heavy atom. The van der Waals surface area contributed by atoms with E-state index in [0.717, 1.165) is 0 Å². The first kappa shape index (κ1) is 11.1. The molecule has 0 aliphatic rings. The molecule has 0 bridgehead atoms. The van der Waals surface area contributed by atoms with Gasteiger partial charge in [0.1, 0.15) is 12.2 Å². The zero-order valence-electron chi connectivity index (χ0n) is 8.21. The molecule has 0 aromatic heterocycles. The highest BCUT2D eigenvalue weighted by molar-refractivity contribution is 5.72. The zero-order chi connectivity index (χ0) is 11.3. The monoisotopic (exact) mass is 207 g/mol. The fraction of sp³-hybridized carbons (Fsp3) is 0.182. The summed E-state index contributed by atoms with van der Waals surface area (Å²) in [4.78, 5) is 10.7. The molecule has 0 aliphatic heterocycles. The first-order chi connectivity index (χ1) is 7.11. The number of ether oxygens (including phenoxy) is 1. The van der Waals surface area contributed by atoms with Crippen LogP contribution in [0.25, 0.3) is 0 Å². The van der Waals surface area contributed by atoms with Crippen molar-refractivity contribution < 1.29 is 13.9 Å². The van der Waals surface area contributed by atoms with Crippen LogP contribution in [0.4, 0.5) is 10.1 Å². The van der Waals surface area contributed by atoms with Crippen LogP contribution in [-0.4, -0.2) is 13.1 Å². The summed E-state index contributed by atoms with van der Waals surface area (Å²) in [6.07, 6.45) is -0.0209. The normalized spacial score (nSPS) is 8.93. The molecule has 0 saturated heterocycles. The molecule has 0 atom stereocenters.